The van der Waals surface area contributed by atoms with E-state index in [-0.39, 0.29) is 25.4 Å². The van der Waals surface area contributed by atoms with Crippen LogP contribution in [0.4, 0.5) is 4.79 Å². The molecule has 1 atom stereocenters. The van der Waals surface area contributed by atoms with Gasteiger partial charge in [-0.25, -0.2) is 4.79 Å². The molecule has 0 saturated carbocycles. The third-order valence-corrected chi connectivity index (χ3v) is 3.10. The second-order valence-corrected chi connectivity index (χ2v) is 4.47. The van der Waals surface area contributed by atoms with Gasteiger partial charge in [-0.15, -0.1) is 0 Å². The summed E-state index contributed by atoms with van der Waals surface area (Å²) in [6, 6.07) is 7.64. The summed E-state index contributed by atoms with van der Waals surface area (Å²) < 4.78 is 15.5. The molecule has 2 aliphatic rings. The smallest absolute Gasteiger partial charge is 0.410 e. The number of cyclic esters (lactones) is 1. The predicted molar refractivity (Wildman–Crippen MR) is 63.4 cm³/mol. The minimum atomic E-state index is -0.385. The van der Waals surface area contributed by atoms with Crippen molar-refractivity contribution in [2.45, 2.75) is 6.54 Å². The fraction of sp³-hybridized carbons (Fsp3) is 0.385. The van der Waals surface area contributed by atoms with Gasteiger partial charge in [-0.3, -0.25) is 0 Å². The van der Waals surface area contributed by atoms with Crippen LogP contribution in [0.5, 0.6) is 11.5 Å². The molecule has 0 N–H and O–H groups in total. The molecule has 6 nitrogen and oxygen atoms in total. The second-order valence-electron chi connectivity index (χ2n) is 4.47. The molecule has 6 heteroatoms. The second kappa shape index (κ2) is 4.69. The Morgan fingerprint density at radius 2 is 2.16 bits per heavy atom. The van der Waals surface area contributed by atoms with Gasteiger partial charge < -0.3 is 19.1 Å². The zero-order valence-corrected chi connectivity index (χ0v) is 10.2. The zero-order valence-electron chi connectivity index (χ0n) is 10.2. The normalized spacial score (nSPS) is 20.9. The van der Waals surface area contributed by atoms with Crippen LogP contribution in [-0.2, 0) is 11.3 Å². The van der Waals surface area contributed by atoms with Crippen molar-refractivity contribution in [1.29, 1.82) is 5.26 Å². The Kier molecular flexibility index (Phi) is 2.88. The maximum absolute atomic E-state index is 11.6. The van der Waals surface area contributed by atoms with E-state index in [1.165, 1.54) is 4.90 Å². The standard InChI is InChI=1S/C13H12N2O4/c14-4-10-6-15(13(16)17-7-10)5-9-1-2-11-12(3-9)19-8-18-11/h1-3,10H,5-8H2. The molecule has 2 aliphatic heterocycles. The van der Waals surface area contributed by atoms with Gasteiger partial charge in [0.2, 0.25) is 6.79 Å². The van der Waals surface area contributed by atoms with E-state index in [0.717, 1.165) is 5.56 Å². The first kappa shape index (κ1) is 11.7. The summed E-state index contributed by atoms with van der Waals surface area (Å²) in [7, 11) is 0. The van der Waals surface area contributed by atoms with Gasteiger partial charge in [0.25, 0.3) is 0 Å². The Bertz CT molecular complexity index is 552. The summed E-state index contributed by atoms with van der Waals surface area (Å²) in [5, 5.41) is 8.88. The maximum atomic E-state index is 11.6. The van der Waals surface area contributed by atoms with Crippen LogP contribution in [-0.4, -0.2) is 30.9 Å². The van der Waals surface area contributed by atoms with Gasteiger partial charge in [0, 0.05) is 13.1 Å². The summed E-state index contributed by atoms with van der Waals surface area (Å²) in [4.78, 5) is 13.2. The Labute approximate surface area is 110 Å². The van der Waals surface area contributed by atoms with Crippen molar-refractivity contribution in [2.24, 2.45) is 5.92 Å². The van der Waals surface area contributed by atoms with E-state index in [4.69, 9.17) is 19.5 Å². The molecule has 0 spiro atoms. The molecule has 1 amide bonds. The van der Waals surface area contributed by atoms with Gasteiger partial charge in [0.1, 0.15) is 6.61 Å². The molecule has 98 valence electrons. The number of carbonyl (C=O) groups is 1. The van der Waals surface area contributed by atoms with Gasteiger partial charge in [0.05, 0.1) is 12.0 Å². The number of nitriles is 1. The first-order chi connectivity index (χ1) is 9.26. The summed E-state index contributed by atoms with van der Waals surface area (Å²) in [5.41, 5.74) is 0.916. The molecule has 0 radical (unpaired) electrons. The Morgan fingerprint density at radius 1 is 1.32 bits per heavy atom. The first-order valence-corrected chi connectivity index (χ1v) is 5.96. The lowest BCUT2D eigenvalue weighted by Gasteiger charge is -2.29. The van der Waals surface area contributed by atoms with Crippen LogP contribution in [0.1, 0.15) is 5.56 Å². The molecule has 0 aliphatic carbocycles. The van der Waals surface area contributed by atoms with Crippen LogP contribution in [0.15, 0.2) is 18.2 Å². The number of fused-ring (bicyclic) bond motifs is 1. The van der Waals surface area contributed by atoms with Crippen molar-refractivity contribution in [2.75, 3.05) is 19.9 Å². The number of hydrogen-bond acceptors (Lipinski definition) is 5. The molecule has 1 aromatic carbocycles. The highest BCUT2D eigenvalue weighted by Crippen LogP contribution is 2.33. The topological polar surface area (TPSA) is 71.8 Å². The number of benzene rings is 1. The van der Waals surface area contributed by atoms with Crippen molar-refractivity contribution in [3.8, 4) is 17.6 Å². The van der Waals surface area contributed by atoms with Crippen molar-refractivity contribution in [1.82, 2.24) is 4.90 Å². The molecule has 3 rings (SSSR count). The molecule has 1 unspecified atom stereocenters. The first-order valence-electron chi connectivity index (χ1n) is 5.96. The monoisotopic (exact) mass is 260 g/mol. The zero-order chi connectivity index (χ0) is 13.2. The Morgan fingerprint density at radius 3 is 3.00 bits per heavy atom. The number of ether oxygens (including phenoxy) is 3. The number of nitrogens with zero attached hydrogens (tertiary/aromatic N) is 2. The maximum Gasteiger partial charge on any atom is 0.410 e. The average Bonchev–Trinajstić information content (AvgIpc) is 2.89. The van der Waals surface area contributed by atoms with Crippen LogP contribution in [0.25, 0.3) is 0 Å². The number of amides is 1. The predicted octanol–water partition coefficient (Wildman–Crippen LogP) is 1.51. The minimum absolute atomic E-state index is 0.174. The highest BCUT2D eigenvalue weighted by molar-refractivity contribution is 5.68. The lowest BCUT2D eigenvalue weighted by molar-refractivity contribution is 0.0536. The molecular formula is C13H12N2O4. The quantitative estimate of drug-likeness (QED) is 0.805. The largest absolute Gasteiger partial charge is 0.454 e. The third kappa shape index (κ3) is 2.27. The number of hydrogen-bond donors (Lipinski definition) is 0. The molecule has 19 heavy (non-hydrogen) atoms. The minimum Gasteiger partial charge on any atom is -0.454 e. The lowest BCUT2D eigenvalue weighted by atomic mass is 10.1. The van der Waals surface area contributed by atoms with E-state index >= 15 is 0 Å². The Hall–Kier alpha value is -2.42. The molecule has 2 heterocycles. The van der Waals surface area contributed by atoms with Crippen molar-refractivity contribution in [3.63, 3.8) is 0 Å². The summed E-state index contributed by atoms with van der Waals surface area (Å²) in [5.74, 6) is 1.12. The number of rotatable bonds is 2. The SMILES string of the molecule is N#CC1COC(=O)N(Cc2ccc3c(c2)OCO3)C1. The van der Waals surface area contributed by atoms with Crippen LogP contribution in [0.3, 0.4) is 0 Å². The molecule has 1 aromatic rings. The van der Waals surface area contributed by atoms with Crippen molar-refractivity contribution in [3.05, 3.63) is 23.8 Å². The Balaban J connectivity index is 1.73. The molecule has 0 bridgehead atoms. The van der Waals surface area contributed by atoms with E-state index < -0.39 is 0 Å². The van der Waals surface area contributed by atoms with Crippen molar-refractivity contribution >= 4 is 6.09 Å². The fourth-order valence-electron chi connectivity index (χ4n) is 2.12. The van der Waals surface area contributed by atoms with E-state index in [9.17, 15) is 4.79 Å². The van der Waals surface area contributed by atoms with Gasteiger partial charge in [-0.2, -0.15) is 5.26 Å². The van der Waals surface area contributed by atoms with Crippen LogP contribution >= 0.6 is 0 Å². The van der Waals surface area contributed by atoms with E-state index in [2.05, 4.69) is 6.07 Å². The van der Waals surface area contributed by atoms with Crippen molar-refractivity contribution < 1.29 is 19.0 Å². The molecule has 1 fully saturated rings. The van der Waals surface area contributed by atoms with E-state index in [1.807, 2.05) is 18.2 Å². The van der Waals surface area contributed by atoms with E-state index in [0.29, 0.717) is 24.6 Å². The third-order valence-electron chi connectivity index (χ3n) is 3.10. The fourth-order valence-corrected chi connectivity index (χ4v) is 2.12. The highest BCUT2D eigenvalue weighted by Gasteiger charge is 2.27. The van der Waals surface area contributed by atoms with Gasteiger partial charge in [-0.05, 0) is 17.7 Å². The van der Waals surface area contributed by atoms with Crippen LogP contribution in [0.2, 0.25) is 0 Å². The average molecular weight is 260 g/mol. The van der Waals surface area contributed by atoms with Gasteiger partial charge >= 0.3 is 6.09 Å². The van der Waals surface area contributed by atoms with Gasteiger partial charge in [0.15, 0.2) is 11.5 Å². The molecule has 1 saturated heterocycles. The highest BCUT2D eigenvalue weighted by atomic mass is 16.7. The van der Waals surface area contributed by atoms with Gasteiger partial charge in [-0.1, -0.05) is 6.07 Å². The summed E-state index contributed by atoms with van der Waals surface area (Å²) >= 11 is 0. The summed E-state index contributed by atoms with van der Waals surface area (Å²) in [6.07, 6.45) is -0.385. The summed E-state index contributed by atoms with van der Waals surface area (Å²) in [6.45, 7) is 1.19. The molecular weight excluding hydrogens is 248 g/mol. The van der Waals surface area contributed by atoms with Crippen LogP contribution < -0.4 is 9.47 Å². The number of carbonyl (C=O) groups excluding carboxylic acids is 1. The lowest BCUT2D eigenvalue weighted by Crippen LogP contribution is -2.42. The van der Waals surface area contributed by atoms with E-state index in [1.54, 1.807) is 0 Å². The molecule has 0 aromatic heterocycles. The van der Waals surface area contributed by atoms with Crippen LogP contribution in [0, 0.1) is 17.2 Å².